The number of fused-ring (bicyclic) bond motifs is 1. The van der Waals surface area contributed by atoms with Crippen LogP contribution in [0, 0.1) is 10.1 Å². The zero-order chi connectivity index (χ0) is 22.5. The van der Waals surface area contributed by atoms with Gasteiger partial charge in [-0.2, -0.15) is 0 Å². The van der Waals surface area contributed by atoms with Gasteiger partial charge in [-0.1, -0.05) is 6.08 Å². The molecular formula is C24H26N4O4. The minimum atomic E-state index is -0.404. The molecule has 1 N–H and O–H groups in total. The topological polar surface area (TPSA) is 92.0 Å². The summed E-state index contributed by atoms with van der Waals surface area (Å²) < 4.78 is 5.43. The lowest BCUT2D eigenvalue weighted by atomic mass is 10.1. The van der Waals surface area contributed by atoms with Crippen molar-refractivity contribution in [2.45, 2.75) is 0 Å². The highest BCUT2D eigenvalue weighted by molar-refractivity contribution is 5.94. The van der Waals surface area contributed by atoms with Gasteiger partial charge >= 0.3 is 0 Å². The summed E-state index contributed by atoms with van der Waals surface area (Å²) in [6.45, 7) is 4.38. The van der Waals surface area contributed by atoms with E-state index in [1.165, 1.54) is 12.1 Å². The van der Waals surface area contributed by atoms with Crippen molar-refractivity contribution in [1.29, 1.82) is 0 Å². The Balaban J connectivity index is 1.65. The molecule has 4 rings (SSSR count). The number of hydrogen-bond donors (Lipinski definition) is 1. The summed E-state index contributed by atoms with van der Waals surface area (Å²) in [6.07, 6.45) is 3.83. The van der Waals surface area contributed by atoms with Gasteiger partial charge in [0.1, 0.15) is 5.75 Å². The van der Waals surface area contributed by atoms with Crippen LogP contribution >= 0.6 is 0 Å². The lowest BCUT2D eigenvalue weighted by molar-refractivity contribution is -0.384. The van der Waals surface area contributed by atoms with Crippen molar-refractivity contribution < 1.29 is 14.8 Å². The van der Waals surface area contributed by atoms with Crippen LogP contribution in [0.15, 0.2) is 48.5 Å². The summed E-state index contributed by atoms with van der Waals surface area (Å²) in [5, 5.41) is 21.1. The van der Waals surface area contributed by atoms with Crippen molar-refractivity contribution >= 4 is 34.4 Å². The van der Waals surface area contributed by atoms with Crippen LogP contribution in [-0.2, 0) is 0 Å². The van der Waals surface area contributed by atoms with E-state index in [1.54, 1.807) is 19.2 Å². The molecule has 0 amide bonds. The average molecular weight is 434 g/mol. The quantitative estimate of drug-likeness (QED) is 0.450. The minimum Gasteiger partial charge on any atom is -0.497 e. The number of ether oxygens (including phenoxy) is 1. The van der Waals surface area contributed by atoms with Crippen molar-refractivity contribution in [3.63, 3.8) is 0 Å². The van der Waals surface area contributed by atoms with E-state index in [0.717, 1.165) is 59.8 Å². The zero-order valence-corrected chi connectivity index (χ0v) is 18.0. The molecule has 0 bridgehead atoms. The molecule has 0 radical (unpaired) electrons. The number of methoxy groups -OCH3 is 1. The number of anilines is 1. The van der Waals surface area contributed by atoms with E-state index in [-0.39, 0.29) is 12.3 Å². The van der Waals surface area contributed by atoms with Crippen molar-refractivity contribution in [2.24, 2.45) is 0 Å². The first kappa shape index (κ1) is 21.7. The number of nitrogens with zero attached hydrogens (tertiary/aromatic N) is 4. The Hall–Kier alpha value is -3.49. The van der Waals surface area contributed by atoms with E-state index < -0.39 is 4.92 Å². The molecular weight excluding hydrogens is 408 g/mol. The Morgan fingerprint density at radius 2 is 1.84 bits per heavy atom. The zero-order valence-electron chi connectivity index (χ0n) is 18.0. The lowest BCUT2D eigenvalue weighted by Gasteiger charge is -2.36. The second kappa shape index (κ2) is 9.76. The van der Waals surface area contributed by atoms with E-state index >= 15 is 0 Å². The third-order valence-electron chi connectivity index (χ3n) is 5.69. The standard InChI is InChI=1S/C24H26N4O4/c1-32-21-8-9-23-22(17-21)24(27-12-10-26(11-13-27)14-15-29)16-19(25-23)5-2-18-3-6-20(7-4-18)28(30)31/h2-9,16-17,29H,10-15H2,1H3/b5-2+. The maximum Gasteiger partial charge on any atom is 0.269 e. The van der Waals surface area contributed by atoms with Gasteiger partial charge in [0.15, 0.2) is 0 Å². The molecule has 1 aliphatic heterocycles. The van der Waals surface area contributed by atoms with E-state index in [1.807, 2.05) is 30.4 Å². The Kier molecular flexibility index (Phi) is 6.63. The van der Waals surface area contributed by atoms with Crippen LogP contribution in [-0.4, -0.2) is 66.4 Å². The van der Waals surface area contributed by atoms with Crippen LogP contribution in [0.4, 0.5) is 11.4 Å². The number of nitro groups is 1. The largest absolute Gasteiger partial charge is 0.497 e. The molecule has 0 unspecified atom stereocenters. The van der Waals surface area contributed by atoms with Crippen molar-refractivity contribution in [1.82, 2.24) is 9.88 Å². The maximum absolute atomic E-state index is 10.9. The molecule has 0 saturated carbocycles. The molecule has 3 aromatic rings. The predicted molar refractivity (Wildman–Crippen MR) is 126 cm³/mol. The van der Waals surface area contributed by atoms with Crippen LogP contribution in [0.3, 0.4) is 0 Å². The molecule has 8 nitrogen and oxygen atoms in total. The van der Waals surface area contributed by atoms with Crippen molar-refractivity contribution in [3.8, 4) is 5.75 Å². The number of hydrogen-bond acceptors (Lipinski definition) is 7. The van der Waals surface area contributed by atoms with Crippen LogP contribution < -0.4 is 9.64 Å². The molecule has 2 heterocycles. The molecule has 2 aromatic carbocycles. The molecule has 1 saturated heterocycles. The predicted octanol–water partition coefficient (Wildman–Crippen LogP) is 3.44. The van der Waals surface area contributed by atoms with E-state index in [0.29, 0.717) is 6.54 Å². The number of aromatic nitrogens is 1. The SMILES string of the molecule is COc1ccc2nc(/C=C/c3ccc([N+](=O)[O-])cc3)cc(N3CCN(CCO)CC3)c2c1. The highest BCUT2D eigenvalue weighted by atomic mass is 16.6. The highest BCUT2D eigenvalue weighted by Crippen LogP contribution is 2.31. The fourth-order valence-electron chi connectivity index (χ4n) is 3.92. The molecule has 32 heavy (non-hydrogen) atoms. The Labute approximate surface area is 186 Å². The smallest absolute Gasteiger partial charge is 0.269 e. The third kappa shape index (κ3) is 4.87. The van der Waals surface area contributed by atoms with Gasteiger partial charge in [-0.3, -0.25) is 15.0 Å². The Morgan fingerprint density at radius 3 is 2.50 bits per heavy atom. The minimum absolute atomic E-state index is 0.0718. The second-order valence-electron chi connectivity index (χ2n) is 7.68. The molecule has 1 aromatic heterocycles. The number of piperazine rings is 1. The Morgan fingerprint density at radius 1 is 1.09 bits per heavy atom. The number of rotatable bonds is 7. The van der Waals surface area contributed by atoms with Crippen LogP contribution in [0.25, 0.3) is 23.1 Å². The van der Waals surface area contributed by atoms with Crippen LogP contribution in [0.2, 0.25) is 0 Å². The number of aliphatic hydroxyl groups excluding tert-OH is 1. The number of aliphatic hydroxyl groups is 1. The summed E-state index contributed by atoms with van der Waals surface area (Å²) in [7, 11) is 1.66. The first-order chi connectivity index (χ1) is 15.6. The monoisotopic (exact) mass is 434 g/mol. The summed E-state index contributed by atoms with van der Waals surface area (Å²) in [6, 6.07) is 14.4. The second-order valence-corrected chi connectivity index (χ2v) is 7.68. The maximum atomic E-state index is 10.9. The average Bonchev–Trinajstić information content (AvgIpc) is 2.83. The fraction of sp³-hybridized carbons (Fsp3) is 0.292. The number of pyridine rings is 1. The first-order valence-corrected chi connectivity index (χ1v) is 10.6. The number of benzene rings is 2. The molecule has 8 heteroatoms. The molecule has 1 aliphatic rings. The number of nitro benzene ring substituents is 1. The van der Waals surface area contributed by atoms with Gasteiger partial charge in [0.25, 0.3) is 5.69 Å². The normalized spacial score (nSPS) is 14.9. The van der Waals surface area contributed by atoms with Crippen LogP contribution in [0.1, 0.15) is 11.3 Å². The van der Waals surface area contributed by atoms with Gasteiger partial charge in [-0.25, -0.2) is 4.98 Å². The van der Waals surface area contributed by atoms with Crippen molar-refractivity contribution in [2.75, 3.05) is 51.3 Å². The first-order valence-electron chi connectivity index (χ1n) is 10.6. The highest BCUT2D eigenvalue weighted by Gasteiger charge is 2.19. The summed E-state index contributed by atoms with van der Waals surface area (Å²) >= 11 is 0. The molecule has 1 fully saturated rings. The van der Waals surface area contributed by atoms with Gasteiger partial charge < -0.3 is 14.7 Å². The summed E-state index contributed by atoms with van der Waals surface area (Å²) in [5.74, 6) is 0.786. The van der Waals surface area contributed by atoms with E-state index in [9.17, 15) is 15.2 Å². The van der Waals surface area contributed by atoms with Gasteiger partial charge in [-0.15, -0.1) is 0 Å². The Bertz CT molecular complexity index is 1120. The van der Waals surface area contributed by atoms with Gasteiger partial charge in [-0.05, 0) is 48.0 Å². The van der Waals surface area contributed by atoms with E-state index in [4.69, 9.17) is 9.72 Å². The summed E-state index contributed by atoms with van der Waals surface area (Å²) in [5.41, 5.74) is 3.73. The number of β-amino-alcohol motifs (C(OH)–C–C–N with tert-alkyl or cyclic N) is 1. The van der Waals surface area contributed by atoms with Crippen molar-refractivity contribution in [3.05, 3.63) is 69.9 Å². The van der Waals surface area contributed by atoms with Crippen LogP contribution in [0.5, 0.6) is 5.75 Å². The van der Waals surface area contributed by atoms with Gasteiger partial charge in [0, 0.05) is 55.9 Å². The molecule has 0 atom stereocenters. The van der Waals surface area contributed by atoms with Gasteiger partial charge in [0.2, 0.25) is 0 Å². The summed E-state index contributed by atoms with van der Waals surface area (Å²) in [4.78, 5) is 19.8. The molecule has 0 spiro atoms. The van der Waals surface area contributed by atoms with Gasteiger partial charge in [0.05, 0.1) is 29.9 Å². The van der Waals surface area contributed by atoms with E-state index in [2.05, 4.69) is 15.9 Å². The lowest BCUT2D eigenvalue weighted by Crippen LogP contribution is -2.47. The fourth-order valence-corrected chi connectivity index (χ4v) is 3.92. The number of non-ortho nitro benzene ring substituents is 1. The molecule has 0 aliphatic carbocycles. The molecule has 166 valence electrons. The third-order valence-corrected chi connectivity index (χ3v) is 5.69.